The third kappa shape index (κ3) is 4.85. The Morgan fingerprint density at radius 2 is 2.38 bits per heavy atom. The van der Waals surface area contributed by atoms with E-state index in [0.717, 1.165) is 32.5 Å². The molecule has 0 aliphatic carbocycles. The first-order valence-corrected chi connectivity index (χ1v) is 7.34. The molecule has 1 fully saturated rings. The normalized spacial score (nSPS) is 18.4. The second kappa shape index (κ2) is 7.77. The molecule has 0 saturated carbocycles. The lowest BCUT2D eigenvalue weighted by molar-refractivity contribution is -0.116. The average Bonchev–Trinajstić information content (AvgIpc) is 2.93. The van der Waals surface area contributed by atoms with Crippen LogP contribution < -0.4 is 5.32 Å². The molecule has 112 valence electrons. The molecule has 1 saturated heterocycles. The highest BCUT2D eigenvalue weighted by Crippen LogP contribution is 2.19. The number of aliphatic hydroxyl groups is 1. The summed E-state index contributed by atoms with van der Waals surface area (Å²) in [6, 6.07) is 8.98. The number of nitrogens with zero attached hydrogens (tertiary/aromatic N) is 2. The number of rotatable bonds is 6. The Kier molecular flexibility index (Phi) is 5.73. The molecule has 1 aromatic carbocycles. The van der Waals surface area contributed by atoms with E-state index in [1.54, 1.807) is 24.3 Å². The van der Waals surface area contributed by atoms with Crippen molar-refractivity contribution in [3.8, 4) is 6.07 Å². The summed E-state index contributed by atoms with van der Waals surface area (Å²) in [6.07, 6.45) is 2.40. The molecular formula is C16H21N3O2. The van der Waals surface area contributed by atoms with Gasteiger partial charge in [0.1, 0.15) is 0 Å². The van der Waals surface area contributed by atoms with Crippen molar-refractivity contribution in [3.63, 3.8) is 0 Å². The van der Waals surface area contributed by atoms with Crippen molar-refractivity contribution in [1.29, 1.82) is 5.26 Å². The summed E-state index contributed by atoms with van der Waals surface area (Å²) in [5.74, 6) is 0.529. The molecule has 21 heavy (non-hydrogen) atoms. The summed E-state index contributed by atoms with van der Waals surface area (Å²) in [6.45, 7) is 2.96. The van der Waals surface area contributed by atoms with Crippen LogP contribution in [0, 0.1) is 17.2 Å². The highest BCUT2D eigenvalue weighted by atomic mass is 16.3. The van der Waals surface area contributed by atoms with Crippen LogP contribution in [0.25, 0.3) is 0 Å². The summed E-state index contributed by atoms with van der Waals surface area (Å²) in [5.41, 5.74) is 1.21. The van der Waals surface area contributed by atoms with Crippen molar-refractivity contribution in [2.24, 2.45) is 5.92 Å². The quantitative estimate of drug-likeness (QED) is 0.833. The Labute approximate surface area is 125 Å². The first-order valence-electron chi connectivity index (χ1n) is 7.34. The van der Waals surface area contributed by atoms with Crippen LogP contribution in [0.5, 0.6) is 0 Å². The minimum atomic E-state index is -0.0318. The zero-order valence-electron chi connectivity index (χ0n) is 12.1. The van der Waals surface area contributed by atoms with Gasteiger partial charge < -0.3 is 15.3 Å². The van der Waals surface area contributed by atoms with Crippen LogP contribution in [-0.4, -0.2) is 42.2 Å². The number of anilines is 1. The summed E-state index contributed by atoms with van der Waals surface area (Å²) < 4.78 is 0. The van der Waals surface area contributed by atoms with Gasteiger partial charge >= 0.3 is 0 Å². The predicted octanol–water partition coefficient (Wildman–Crippen LogP) is 1.59. The summed E-state index contributed by atoms with van der Waals surface area (Å²) in [4.78, 5) is 14.2. The summed E-state index contributed by atoms with van der Waals surface area (Å²) >= 11 is 0. The fourth-order valence-corrected chi connectivity index (χ4v) is 2.68. The van der Waals surface area contributed by atoms with Gasteiger partial charge in [0.2, 0.25) is 5.91 Å². The summed E-state index contributed by atoms with van der Waals surface area (Å²) in [5, 5.41) is 20.6. The van der Waals surface area contributed by atoms with Crippen molar-refractivity contribution in [1.82, 2.24) is 4.90 Å². The first-order chi connectivity index (χ1) is 10.2. The number of aliphatic hydroxyl groups excluding tert-OH is 1. The van der Waals surface area contributed by atoms with Crippen LogP contribution >= 0.6 is 0 Å². The highest BCUT2D eigenvalue weighted by Gasteiger charge is 2.21. The van der Waals surface area contributed by atoms with E-state index in [2.05, 4.69) is 16.3 Å². The molecule has 1 unspecified atom stereocenters. The van der Waals surface area contributed by atoms with Crippen LogP contribution in [-0.2, 0) is 4.79 Å². The molecule has 5 heteroatoms. The zero-order valence-corrected chi connectivity index (χ0v) is 12.1. The third-order valence-corrected chi connectivity index (χ3v) is 3.84. The smallest absolute Gasteiger partial charge is 0.225 e. The Morgan fingerprint density at radius 1 is 1.52 bits per heavy atom. The van der Waals surface area contributed by atoms with Gasteiger partial charge in [-0.3, -0.25) is 4.79 Å². The van der Waals surface area contributed by atoms with Gasteiger partial charge in [-0.25, -0.2) is 0 Å². The number of carbonyl (C=O) groups excluding carboxylic acids is 1. The van der Waals surface area contributed by atoms with Gasteiger partial charge in [0.25, 0.3) is 0 Å². The minimum Gasteiger partial charge on any atom is -0.396 e. The standard InChI is InChI=1S/C16H21N3O2/c17-11-14-2-1-3-15(10-14)18-16(21)5-8-19-7-4-13(12-19)6-9-20/h1-3,10,13,20H,4-9,12H2,(H,18,21). The fourth-order valence-electron chi connectivity index (χ4n) is 2.68. The molecule has 1 aromatic rings. The van der Waals surface area contributed by atoms with Gasteiger partial charge in [0.05, 0.1) is 11.6 Å². The molecule has 2 rings (SSSR count). The van der Waals surface area contributed by atoms with Gasteiger partial charge in [-0.05, 0) is 43.5 Å². The Morgan fingerprint density at radius 3 is 3.14 bits per heavy atom. The van der Waals surface area contributed by atoms with Crippen LogP contribution in [0.3, 0.4) is 0 Å². The second-order valence-corrected chi connectivity index (χ2v) is 5.46. The molecule has 1 heterocycles. The van der Waals surface area contributed by atoms with Crippen molar-refractivity contribution >= 4 is 11.6 Å². The molecule has 1 atom stereocenters. The van der Waals surface area contributed by atoms with E-state index in [0.29, 0.717) is 23.6 Å². The Bertz CT molecular complexity index is 524. The number of benzene rings is 1. The van der Waals surface area contributed by atoms with Gasteiger partial charge in [-0.1, -0.05) is 6.07 Å². The zero-order chi connectivity index (χ0) is 15.1. The lowest BCUT2D eigenvalue weighted by Gasteiger charge is -2.15. The van der Waals surface area contributed by atoms with E-state index in [9.17, 15) is 4.79 Å². The Balaban J connectivity index is 1.74. The van der Waals surface area contributed by atoms with E-state index >= 15 is 0 Å². The van der Waals surface area contributed by atoms with Crippen LogP contribution in [0.15, 0.2) is 24.3 Å². The molecular weight excluding hydrogens is 266 g/mol. The van der Waals surface area contributed by atoms with Crippen molar-refractivity contribution in [3.05, 3.63) is 29.8 Å². The van der Waals surface area contributed by atoms with Gasteiger partial charge in [-0.15, -0.1) is 0 Å². The Hall–Kier alpha value is -1.90. The maximum absolute atomic E-state index is 11.9. The van der Waals surface area contributed by atoms with E-state index in [1.807, 2.05) is 0 Å². The molecule has 0 radical (unpaired) electrons. The number of amides is 1. The van der Waals surface area contributed by atoms with Crippen LogP contribution in [0.2, 0.25) is 0 Å². The molecule has 1 aliphatic heterocycles. The monoisotopic (exact) mass is 287 g/mol. The maximum Gasteiger partial charge on any atom is 0.225 e. The first kappa shape index (κ1) is 15.5. The maximum atomic E-state index is 11.9. The van der Waals surface area contributed by atoms with E-state index < -0.39 is 0 Å². The van der Waals surface area contributed by atoms with Gasteiger partial charge in [-0.2, -0.15) is 5.26 Å². The number of nitriles is 1. The van der Waals surface area contributed by atoms with Crippen molar-refractivity contribution in [2.75, 3.05) is 31.6 Å². The second-order valence-electron chi connectivity index (χ2n) is 5.46. The van der Waals surface area contributed by atoms with Crippen LogP contribution in [0.1, 0.15) is 24.8 Å². The molecule has 1 aliphatic rings. The number of hydrogen-bond acceptors (Lipinski definition) is 4. The molecule has 1 amide bonds. The van der Waals surface area contributed by atoms with Gasteiger partial charge in [0.15, 0.2) is 0 Å². The van der Waals surface area contributed by atoms with Gasteiger partial charge in [0, 0.05) is 31.8 Å². The number of nitrogens with one attached hydrogen (secondary N) is 1. The summed E-state index contributed by atoms with van der Waals surface area (Å²) in [7, 11) is 0. The fraction of sp³-hybridized carbons (Fsp3) is 0.500. The molecule has 2 N–H and O–H groups in total. The molecule has 0 spiro atoms. The largest absolute Gasteiger partial charge is 0.396 e. The van der Waals surface area contributed by atoms with E-state index in [4.69, 9.17) is 10.4 Å². The van der Waals surface area contributed by atoms with Crippen LogP contribution in [0.4, 0.5) is 5.69 Å². The lowest BCUT2D eigenvalue weighted by Crippen LogP contribution is -2.26. The molecule has 0 aromatic heterocycles. The van der Waals surface area contributed by atoms with E-state index in [1.165, 1.54) is 0 Å². The number of likely N-dealkylation sites (tertiary alicyclic amines) is 1. The van der Waals surface area contributed by atoms with Crippen molar-refractivity contribution < 1.29 is 9.90 Å². The lowest BCUT2D eigenvalue weighted by atomic mass is 10.1. The average molecular weight is 287 g/mol. The highest BCUT2D eigenvalue weighted by molar-refractivity contribution is 5.90. The van der Waals surface area contributed by atoms with Crippen molar-refractivity contribution in [2.45, 2.75) is 19.3 Å². The predicted molar refractivity (Wildman–Crippen MR) is 80.7 cm³/mol. The molecule has 0 bridgehead atoms. The number of hydrogen-bond donors (Lipinski definition) is 2. The molecule has 5 nitrogen and oxygen atoms in total. The topological polar surface area (TPSA) is 76.4 Å². The SMILES string of the molecule is N#Cc1cccc(NC(=O)CCN2CCC(CCO)C2)c1. The van der Waals surface area contributed by atoms with E-state index in [-0.39, 0.29) is 12.5 Å². The minimum absolute atomic E-state index is 0.0318. The third-order valence-electron chi connectivity index (χ3n) is 3.84. The number of carbonyl (C=O) groups is 1.